The molecule has 2 N–H and O–H groups in total. The van der Waals surface area contributed by atoms with Crippen LogP contribution in [0.15, 0.2) is 29.3 Å². The zero-order valence-electron chi connectivity index (χ0n) is 15.8. The van der Waals surface area contributed by atoms with Gasteiger partial charge in [0.05, 0.1) is 12.1 Å². The number of alkyl halides is 3. The topological polar surface area (TPSA) is 56.7 Å². The van der Waals surface area contributed by atoms with Gasteiger partial charge in [-0.1, -0.05) is 24.8 Å². The molecule has 0 radical (unpaired) electrons. The Labute approximate surface area is 180 Å². The quantitative estimate of drug-likeness (QED) is 0.286. The Morgan fingerprint density at radius 1 is 1.39 bits per heavy atom. The molecule has 1 aromatic rings. The number of nitrogens with one attached hydrogen (secondary N) is 2. The van der Waals surface area contributed by atoms with Crippen molar-refractivity contribution in [1.29, 1.82) is 0 Å². The Morgan fingerprint density at radius 3 is 2.79 bits per heavy atom. The van der Waals surface area contributed by atoms with E-state index in [0.29, 0.717) is 24.5 Å². The summed E-state index contributed by atoms with van der Waals surface area (Å²) in [7, 11) is 1.62. The van der Waals surface area contributed by atoms with E-state index in [1.165, 1.54) is 12.1 Å². The van der Waals surface area contributed by atoms with Crippen molar-refractivity contribution in [2.24, 2.45) is 4.99 Å². The van der Waals surface area contributed by atoms with E-state index in [2.05, 4.69) is 27.5 Å². The average molecular weight is 508 g/mol. The number of hydrogen-bond donors (Lipinski definition) is 2. The lowest BCUT2D eigenvalue weighted by molar-refractivity contribution is -0.137. The number of carbonyl (C=O) groups is 1. The summed E-state index contributed by atoms with van der Waals surface area (Å²) in [6, 6.07) is 5.03. The first-order valence-corrected chi connectivity index (χ1v) is 8.74. The number of guanidine groups is 1. The van der Waals surface area contributed by atoms with E-state index in [-0.39, 0.29) is 42.5 Å². The van der Waals surface area contributed by atoms with Gasteiger partial charge in [0.25, 0.3) is 0 Å². The highest BCUT2D eigenvalue weighted by Gasteiger charge is 2.30. The fourth-order valence-electron chi connectivity index (χ4n) is 2.76. The van der Waals surface area contributed by atoms with E-state index in [1.807, 2.05) is 11.8 Å². The summed E-state index contributed by atoms with van der Waals surface area (Å²) in [5.41, 5.74) is -0.411. The molecule has 1 saturated heterocycles. The van der Waals surface area contributed by atoms with Crippen molar-refractivity contribution in [3.63, 3.8) is 0 Å². The van der Waals surface area contributed by atoms with E-state index in [0.717, 1.165) is 25.1 Å². The molecule has 9 heteroatoms. The van der Waals surface area contributed by atoms with Crippen LogP contribution in [0.2, 0.25) is 0 Å². The van der Waals surface area contributed by atoms with Crippen molar-refractivity contribution >= 4 is 35.8 Å². The van der Waals surface area contributed by atoms with Crippen LogP contribution in [0.25, 0.3) is 0 Å². The lowest BCUT2D eigenvalue weighted by Gasteiger charge is -2.18. The van der Waals surface area contributed by atoms with Gasteiger partial charge in [-0.25, -0.2) is 0 Å². The molecule has 5 nitrogen and oxygen atoms in total. The maximum atomic E-state index is 12.7. The number of carbonyl (C=O) groups excluding carboxylic acids is 1. The normalized spacial score (nSPS) is 16.7. The van der Waals surface area contributed by atoms with Crippen LogP contribution in [0.3, 0.4) is 0 Å². The minimum atomic E-state index is -4.38. The standard InChI is InChI=1S/C19H23F3N4O.HI/c1-3-17(27)26-11-9-16(13-26)25-18(23-2)24-10-5-7-14-6-4-8-15(12-14)19(20,21)22;/h4,6,8,12,16H,3,9-11,13H2,1-2H3,(H2,23,24,25);1H. The molecule has 0 spiro atoms. The van der Waals surface area contributed by atoms with Crippen molar-refractivity contribution in [3.05, 3.63) is 35.4 Å². The SMILES string of the molecule is CCC(=O)N1CCC(NC(=NC)NCC#Cc2cccc(C(F)(F)F)c2)C1.I. The van der Waals surface area contributed by atoms with Gasteiger partial charge in [-0.3, -0.25) is 9.79 Å². The highest BCUT2D eigenvalue weighted by atomic mass is 127. The first-order chi connectivity index (χ1) is 12.8. The lowest BCUT2D eigenvalue weighted by atomic mass is 10.1. The van der Waals surface area contributed by atoms with Gasteiger partial charge in [0.15, 0.2) is 5.96 Å². The molecule has 2 rings (SSSR count). The predicted octanol–water partition coefficient (Wildman–Crippen LogP) is 2.85. The molecule has 0 bridgehead atoms. The number of benzene rings is 1. The molecule has 0 aliphatic carbocycles. The van der Waals surface area contributed by atoms with Crippen LogP contribution >= 0.6 is 24.0 Å². The van der Waals surface area contributed by atoms with Gasteiger partial charge >= 0.3 is 6.18 Å². The second-order valence-corrected chi connectivity index (χ2v) is 6.13. The summed E-state index contributed by atoms with van der Waals surface area (Å²) in [6.45, 7) is 3.42. The molecule has 1 fully saturated rings. The largest absolute Gasteiger partial charge is 0.416 e. The van der Waals surface area contributed by atoms with Crippen molar-refractivity contribution in [2.45, 2.75) is 32.0 Å². The van der Waals surface area contributed by atoms with Gasteiger partial charge < -0.3 is 15.5 Å². The highest BCUT2D eigenvalue weighted by molar-refractivity contribution is 14.0. The minimum Gasteiger partial charge on any atom is -0.352 e. The molecule has 0 aromatic heterocycles. The maximum absolute atomic E-state index is 12.7. The Balaban J connectivity index is 0.00000392. The third kappa shape index (κ3) is 7.22. The predicted molar refractivity (Wildman–Crippen MR) is 114 cm³/mol. The zero-order chi connectivity index (χ0) is 19.9. The van der Waals surface area contributed by atoms with Crippen molar-refractivity contribution in [1.82, 2.24) is 15.5 Å². The molecule has 1 aromatic carbocycles. The third-order valence-corrected chi connectivity index (χ3v) is 4.17. The zero-order valence-corrected chi connectivity index (χ0v) is 18.1. The van der Waals surface area contributed by atoms with Gasteiger partial charge in [0.2, 0.25) is 5.91 Å². The lowest BCUT2D eigenvalue weighted by Crippen LogP contribution is -2.45. The van der Waals surface area contributed by atoms with Gasteiger partial charge in [0, 0.05) is 38.2 Å². The number of likely N-dealkylation sites (tertiary alicyclic amines) is 1. The van der Waals surface area contributed by atoms with E-state index in [1.54, 1.807) is 7.05 Å². The molecule has 1 unspecified atom stereocenters. The molecule has 0 saturated carbocycles. The van der Waals surface area contributed by atoms with E-state index in [9.17, 15) is 18.0 Å². The second kappa shape index (κ2) is 11.1. The summed E-state index contributed by atoms with van der Waals surface area (Å²) in [5, 5.41) is 6.24. The van der Waals surface area contributed by atoms with Crippen LogP contribution in [-0.2, 0) is 11.0 Å². The molecule has 1 heterocycles. The fraction of sp³-hybridized carbons (Fsp3) is 0.474. The molecule has 1 amide bonds. The number of rotatable bonds is 3. The van der Waals surface area contributed by atoms with E-state index in [4.69, 9.17) is 0 Å². The first-order valence-electron chi connectivity index (χ1n) is 8.74. The smallest absolute Gasteiger partial charge is 0.352 e. The van der Waals surface area contributed by atoms with Crippen LogP contribution in [0.4, 0.5) is 13.2 Å². The second-order valence-electron chi connectivity index (χ2n) is 6.13. The number of halogens is 4. The minimum absolute atomic E-state index is 0. The Morgan fingerprint density at radius 2 is 2.14 bits per heavy atom. The van der Waals surface area contributed by atoms with E-state index >= 15 is 0 Å². The maximum Gasteiger partial charge on any atom is 0.416 e. The Bertz CT molecular complexity index is 756. The molecule has 1 aliphatic rings. The number of hydrogen-bond acceptors (Lipinski definition) is 2. The summed E-state index contributed by atoms with van der Waals surface area (Å²) >= 11 is 0. The monoisotopic (exact) mass is 508 g/mol. The summed E-state index contributed by atoms with van der Waals surface area (Å²) < 4.78 is 38.1. The number of aliphatic imine (C=N–C) groups is 1. The average Bonchev–Trinajstić information content (AvgIpc) is 3.11. The first kappa shape index (κ1) is 24.1. The van der Waals surface area contributed by atoms with Gasteiger partial charge in [-0.2, -0.15) is 13.2 Å². The molecule has 154 valence electrons. The fourth-order valence-corrected chi connectivity index (χ4v) is 2.76. The summed E-state index contributed by atoms with van der Waals surface area (Å²) in [4.78, 5) is 17.6. The Hall–Kier alpha value is -1.96. The molecule has 28 heavy (non-hydrogen) atoms. The van der Waals surface area contributed by atoms with Gasteiger partial charge in [-0.15, -0.1) is 24.0 Å². The molecular weight excluding hydrogens is 484 g/mol. The van der Waals surface area contributed by atoms with Crippen molar-refractivity contribution in [3.8, 4) is 11.8 Å². The van der Waals surface area contributed by atoms with Crippen LogP contribution in [0.1, 0.15) is 30.9 Å². The molecular formula is C19H24F3IN4O. The number of nitrogens with zero attached hydrogens (tertiary/aromatic N) is 2. The van der Waals surface area contributed by atoms with E-state index < -0.39 is 11.7 Å². The third-order valence-electron chi connectivity index (χ3n) is 4.17. The molecule has 1 aliphatic heterocycles. The summed E-state index contributed by atoms with van der Waals surface area (Å²) in [5.74, 6) is 6.18. The van der Waals surface area contributed by atoms with Crippen LogP contribution in [0.5, 0.6) is 0 Å². The van der Waals surface area contributed by atoms with Crippen molar-refractivity contribution in [2.75, 3.05) is 26.7 Å². The summed E-state index contributed by atoms with van der Waals surface area (Å²) in [6.07, 6.45) is -3.05. The van der Waals surface area contributed by atoms with Gasteiger partial charge in [0.1, 0.15) is 0 Å². The van der Waals surface area contributed by atoms with Gasteiger partial charge in [-0.05, 0) is 24.6 Å². The highest BCUT2D eigenvalue weighted by Crippen LogP contribution is 2.29. The van der Waals surface area contributed by atoms with Crippen LogP contribution < -0.4 is 10.6 Å². The molecule has 1 atom stereocenters. The van der Waals surface area contributed by atoms with Crippen molar-refractivity contribution < 1.29 is 18.0 Å². The van der Waals surface area contributed by atoms with Crippen LogP contribution in [0, 0.1) is 11.8 Å². The number of amides is 1. The Kier molecular flexibility index (Phi) is 9.58. The van der Waals surface area contributed by atoms with Crippen LogP contribution in [-0.4, -0.2) is 49.5 Å².